The van der Waals surface area contributed by atoms with E-state index in [-0.39, 0.29) is 11.7 Å². The maximum Gasteiger partial charge on any atom is 0.231 e. The summed E-state index contributed by atoms with van der Waals surface area (Å²) in [6.07, 6.45) is 0. The fourth-order valence-electron chi connectivity index (χ4n) is 1.77. The Labute approximate surface area is 107 Å². The molecule has 0 saturated heterocycles. The van der Waals surface area contributed by atoms with Crippen LogP contribution in [0.2, 0.25) is 0 Å². The van der Waals surface area contributed by atoms with Crippen LogP contribution in [0.3, 0.4) is 0 Å². The lowest BCUT2D eigenvalue weighted by Gasteiger charge is -1.99. The van der Waals surface area contributed by atoms with E-state index in [0.29, 0.717) is 5.69 Å². The molecule has 90 valence electrons. The van der Waals surface area contributed by atoms with Gasteiger partial charge in [0.05, 0.1) is 5.56 Å². The summed E-state index contributed by atoms with van der Waals surface area (Å²) in [6.45, 7) is 0. The molecule has 2 heterocycles. The molecule has 0 fully saturated rings. The van der Waals surface area contributed by atoms with Crippen molar-refractivity contribution in [3.8, 4) is 21.7 Å². The average molecular weight is 260 g/mol. The smallest absolute Gasteiger partial charge is 0.231 e. The predicted molar refractivity (Wildman–Crippen MR) is 69.6 cm³/mol. The van der Waals surface area contributed by atoms with Gasteiger partial charge in [-0.15, -0.1) is 11.3 Å². The first-order valence-corrected chi connectivity index (χ1v) is 6.18. The molecule has 0 aliphatic rings. The molecule has 0 atom stereocenters. The third-order valence-electron chi connectivity index (χ3n) is 2.60. The van der Waals surface area contributed by atoms with E-state index in [1.807, 2.05) is 17.5 Å². The van der Waals surface area contributed by atoms with Crippen molar-refractivity contribution >= 4 is 17.2 Å². The van der Waals surface area contributed by atoms with Gasteiger partial charge in [-0.1, -0.05) is 11.2 Å². The highest BCUT2D eigenvalue weighted by Gasteiger charge is 2.17. The molecule has 3 aromatic rings. The highest BCUT2D eigenvalue weighted by molar-refractivity contribution is 7.13. The Morgan fingerprint density at radius 1 is 1.17 bits per heavy atom. The maximum absolute atomic E-state index is 12.9. The van der Waals surface area contributed by atoms with Gasteiger partial charge in [0.25, 0.3) is 0 Å². The standard InChI is InChI=1S/C13H9FN2OS/c14-9-5-3-8(4-6-9)12-11(13(15)17-16-12)10-2-1-7-18-10/h1-7H,15H2. The van der Waals surface area contributed by atoms with Gasteiger partial charge in [-0.25, -0.2) is 4.39 Å². The van der Waals surface area contributed by atoms with Crippen molar-refractivity contribution in [1.82, 2.24) is 5.16 Å². The summed E-state index contributed by atoms with van der Waals surface area (Å²) in [6, 6.07) is 9.96. The van der Waals surface area contributed by atoms with Gasteiger partial charge < -0.3 is 10.3 Å². The molecule has 0 spiro atoms. The van der Waals surface area contributed by atoms with E-state index in [4.69, 9.17) is 10.3 Å². The first-order chi connectivity index (χ1) is 8.75. The zero-order valence-corrected chi connectivity index (χ0v) is 10.1. The number of anilines is 1. The molecule has 3 nitrogen and oxygen atoms in total. The Hall–Kier alpha value is -2.14. The molecule has 3 rings (SSSR count). The number of nitrogens with two attached hydrogens (primary N) is 1. The highest BCUT2D eigenvalue weighted by Crippen LogP contribution is 2.38. The first kappa shape index (κ1) is 11.0. The summed E-state index contributed by atoms with van der Waals surface area (Å²) in [4.78, 5) is 0.980. The minimum atomic E-state index is -0.284. The molecule has 0 aliphatic heterocycles. The van der Waals surface area contributed by atoms with Gasteiger partial charge in [0.2, 0.25) is 5.88 Å². The van der Waals surface area contributed by atoms with Gasteiger partial charge in [0, 0.05) is 10.4 Å². The van der Waals surface area contributed by atoms with Gasteiger partial charge in [0.1, 0.15) is 11.5 Å². The van der Waals surface area contributed by atoms with Crippen LogP contribution < -0.4 is 5.73 Å². The van der Waals surface area contributed by atoms with E-state index in [1.54, 1.807) is 23.5 Å². The summed E-state index contributed by atoms with van der Waals surface area (Å²) in [7, 11) is 0. The van der Waals surface area contributed by atoms with Crippen molar-refractivity contribution < 1.29 is 8.91 Å². The van der Waals surface area contributed by atoms with Gasteiger partial charge >= 0.3 is 0 Å². The second-order valence-corrected chi connectivity index (χ2v) is 4.70. The SMILES string of the molecule is Nc1onc(-c2ccc(F)cc2)c1-c1cccs1. The lowest BCUT2D eigenvalue weighted by molar-refractivity contribution is 0.439. The Kier molecular flexibility index (Phi) is 2.60. The first-order valence-electron chi connectivity index (χ1n) is 5.30. The summed E-state index contributed by atoms with van der Waals surface area (Å²) < 4.78 is 18.0. The molecule has 1 aromatic carbocycles. The number of halogens is 1. The van der Waals surface area contributed by atoms with E-state index in [0.717, 1.165) is 16.0 Å². The lowest BCUT2D eigenvalue weighted by atomic mass is 10.1. The van der Waals surface area contributed by atoms with Gasteiger partial charge in [0.15, 0.2) is 0 Å². The molecule has 0 unspecified atom stereocenters. The number of nitrogen functional groups attached to an aromatic ring is 1. The fraction of sp³-hybridized carbons (Fsp3) is 0. The molecular formula is C13H9FN2OS. The molecule has 5 heteroatoms. The van der Waals surface area contributed by atoms with Crippen LogP contribution in [0, 0.1) is 5.82 Å². The molecule has 0 amide bonds. The zero-order chi connectivity index (χ0) is 12.5. The summed E-state index contributed by atoms with van der Waals surface area (Å²) in [5.74, 6) is -0.00957. The van der Waals surface area contributed by atoms with Gasteiger partial charge in [-0.05, 0) is 35.7 Å². The third kappa shape index (κ3) is 1.78. The second kappa shape index (κ2) is 4.27. The van der Waals surface area contributed by atoms with E-state index < -0.39 is 0 Å². The number of benzene rings is 1. The van der Waals surface area contributed by atoms with Crippen LogP contribution in [0.4, 0.5) is 10.3 Å². The second-order valence-electron chi connectivity index (χ2n) is 3.75. The molecule has 0 radical (unpaired) electrons. The molecule has 2 aromatic heterocycles. The van der Waals surface area contributed by atoms with Crippen molar-refractivity contribution in [2.45, 2.75) is 0 Å². The number of rotatable bonds is 2. The van der Waals surface area contributed by atoms with Crippen molar-refractivity contribution in [3.05, 3.63) is 47.6 Å². The number of thiophene rings is 1. The molecule has 18 heavy (non-hydrogen) atoms. The largest absolute Gasteiger partial charge is 0.367 e. The Morgan fingerprint density at radius 3 is 2.61 bits per heavy atom. The minimum Gasteiger partial charge on any atom is -0.367 e. The van der Waals surface area contributed by atoms with Crippen molar-refractivity contribution in [2.75, 3.05) is 5.73 Å². The van der Waals surface area contributed by atoms with Gasteiger partial charge in [-0.3, -0.25) is 0 Å². The van der Waals surface area contributed by atoms with Crippen molar-refractivity contribution in [3.63, 3.8) is 0 Å². The number of hydrogen-bond donors (Lipinski definition) is 1. The molecule has 0 saturated carbocycles. The Morgan fingerprint density at radius 2 is 1.94 bits per heavy atom. The minimum absolute atomic E-state index is 0.275. The summed E-state index contributed by atoms with van der Waals surface area (Å²) >= 11 is 1.55. The zero-order valence-electron chi connectivity index (χ0n) is 9.26. The monoisotopic (exact) mass is 260 g/mol. The topological polar surface area (TPSA) is 52.0 Å². The molecule has 2 N–H and O–H groups in total. The number of aromatic nitrogens is 1. The van der Waals surface area contributed by atoms with E-state index >= 15 is 0 Å². The Balaban J connectivity index is 2.16. The van der Waals surface area contributed by atoms with E-state index in [2.05, 4.69) is 5.16 Å². The van der Waals surface area contributed by atoms with Gasteiger partial charge in [-0.2, -0.15) is 0 Å². The van der Waals surface area contributed by atoms with Crippen LogP contribution in [-0.4, -0.2) is 5.16 Å². The summed E-state index contributed by atoms with van der Waals surface area (Å²) in [5, 5.41) is 5.91. The lowest BCUT2D eigenvalue weighted by Crippen LogP contribution is -1.85. The van der Waals surface area contributed by atoms with Crippen LogP contribution in [0.5, 0.6) is 0 Å². The van der Waals surface area contributed by atoms with Crippen LogP contribution in [0.15, 0.2) is 46.3 Å². The maximum atomic E-state index is 12.9. The van der Waals surface area contributed by atoms with Crippen molar-refractivity contribution in [2.24, 2.45) is 0 Å². The van der Waals surface area contributed by atoms with Crippen LogP contribution in [-0.2, 0) is 0 Å². The average Bonchev–Trinajstić information content (AvgIpc) is 2.99. The quantitative estimate of drug-likeness (QED) is 0.762. The van der Waals surface area contributed by atoms with E-state index in [9.17, 15) is 4.39 Å². The molecule has 0 aliphatic carbocycles. The highest BCUT2D eigenvalue weighted by atomic mass is 32.1. The molecular weight excluding hydrogens is 251 g/mol. The van der Waals surface area contributed by atoms with Crippen molar-refractivity contribution in [1.29, 1.82) is 0 Å². The normalized spacial score (nSPS) is 10.7. The third-order valence-corrected chi connectivity index (χ3v) is 3.49. The van der Waals surface area contributed by atoms with Crippen LogP contribution in [0.1, 0.15) is 0 Å². The van der Waals surface area contributed by atoms with Crippen LogP contribution in [0.25, 0.3) is 21.7 Å². The Bertz CT molecular complexity index is 659. The summed E-state index contributed by atoms with van der Waals surface area (Å²) in [5.41, 5.74) is 7.98. The number of nitrogens with zero attached hydrogens (tertiary/aromatic N) is 1. The van der Waals surface area contributed by atoms with Crippen LogP contribution >= 0.6 is 11.3 Å². The number of hydrogen-bond acceptors (Lipinski definition) is 4. The fourth-order valence-corrected chi connectivity index (χ4v) is 2.54. The molecule has 0 bridgehead atoms. The predicted octanol–water partition coefficient (Wildman–Crippen LogP) is 3.79. The van der Waals surface area contributed by atoms with E-state index in [1.165, 1.54) is 12.1 Å².